The monoisotopic (exact) mass is 447 g/mol. The summed E-state index contributed by atoms with van der Waals surface area (Å²) in [6.07, 6.45) is 10.7. The Hall–Kier alpha value is -0.110. The Labute approximate surface area is 166 Å². The average Bonchev–Trinajstić information content (AvgIpc) is 2.52. The molecule has 28 heavy (non-hydrogen) atoms. The van der Waals surface area contributed by atoms with E-state index in [1.807, 2.05) is 0 Å². The molecule has 0 unspecified atom stereocenters. The normalized spacial score (nSPS) is 14.8. The summed E-state index contributed by atoms with van der Waals surface area (Å²) in [5.74, 6) is 0. The number of hydrogen-bond acceptors (Lipinski definition) is 2. The van der Waals surface area contributed by atoms with Gasteiger partial charge in [-0.3, -0.25) is 0 Å². The van der Waals surface area contributed by atoms with Crippen LogP contribution in [0.4, 0.5) is 25.2 Å². The van der Waals surface area contributed by atoms with Gasteiger partial charge in [0.25, 0.3) is 0 Å². The fraction of sp³-hybridized carbons (Fsp3) is 1.00. The number of quaternary nitrogens is 1. The minimum absolute atomic E-state index is 0.138. The Bertz CT molecular complexity index is 361. The zero-order valence-corrected chi connectivity index (χ0v) is 18.5. The maximum atomic E-state index is 9.87. The summed E-state index contributed by atoms with van der Waals surface area (Å²) in [4.78, 5) is 0. The number of aliphatic hydroxyl groups excluding tert-OH is 1. The van der Waals surface area contributed by atoms with Gasteiger partial charge in [-0.2, -0.15) is 0 Å². The summed E-state index contributed by atoms with van der Waals surface area (Å²) in [5.41, 5.74) is 0. The zero-order valence-electron chi connectivity index (χ0n) is 17.6. The van der Waals surface area contributed by atoms with E-state index in [9.17, 15) is 25.2 Å². The molecule has 0 fully saturated rings. The van der Waals surface area contributed by atoms with Crippen molar-refractivity contribution in [2.24, 2.45) is 0 Å². The molecule has 0 saturated carbocycles. The molecule has 1 N–H and O–H groups in total. The number of unbranched alkanes of at least 4 members (excludes halogenated alkanes) is 5. The first kappa shape index (κ1) is 30.1. The van der Waals surface area contributed by atoms with Crippen molar-refractivity contribution in [1.82, 2.24) is 0 Å². The van der Waals surface area contributed by atoms with Crippen LogP contribution in [0.25, 0.3) is 0 Å². The van der Waals surface area contributed by atoms with Crippen molar-refractivity contribution >= 4 is 7.81 Å². The summed E-state index contributed by atoms with van der Waals surface area (Å²) >= 11 is 0. The first-order valence-electron chi connectivity index (χ1n) is 10.3. The van der Waals surface area contributed by atoms with Crippen molar-refractivity contribution in [2.75, 3.05) is 46.0 Å². The van der Waals surface area contributed by atoms with Crippen molar-refractivity contribution in [3.8, 4) is 0 Å². The number of aliphatic hydroxyl groups is 1. The summed E-state index contributed by atoms with van der Waals surface area (Å²) < 4.78 is 65.9. The first-order chi connectivity index (χ1) is 12.7. The standard InChI is InChI=1S/C18H40NO2.F6P/c1-4-7-8-9-10-11-14-19(12-5-2,13-6-3)15-17-21-18-16-20;1-7(2,3,4,5)6/h20H,4-18H2,1-3H3;/q+1;-1. The molecule has 0 aliphatic heterocycles. The van der Waals surface area contributed by atoms with Crippen molar-refractivity contribution in [3.63, 3.8) is 0 Å². The van der Waals surface area contributed by atoms with Gasteiger partial charge in [-0.25, -0.2) is 0 Å². The second-order valence-electron chi connectivity index (χ2n) is 7.30. The van der Waals surface area contributed by atoms with Crippen LogP contribution in [0.2, 0.25) is 0 Å². The van der Waals surface area contributed by atoms with Crippen LogP contribution in [-0.2, 0) is 4.74 Å². The van der Waals surface area contributed by atoms with Crippen molar-refractivity contribution < 1.29 is 39.5 Å². The maximum absolute atomic E-state index is 10.7. The van der Waals surface area contributed by atoms with E-state index >= 15 is 0 Å². The van der Waals surface area contributed by atoms with Crippen LogP contribution in [0.1, 0.15) is 72.1 Å². The van der Waals surface area contributed by atoms with E-state index in [1.165, 1.54) is 75.5 Å². The zero-order chi connectivity index (χ0) is 22.2. The molecule has 0 aromatic carbocycles. The molecule has 0 aromatic rings. The Morgan fingerprint density at radius 3 is 1.54 bits per heavy atom. The molecule has 0 amide bonds. The van der Waals surface area contributed by atoms with E-state index in [1.54, 1.807) is 0 Å². The van der Waals surface area contributed by atoms with Gasteiger partial charge in [0.2, 0.25) is 0 Å². The Balaban J connectivity index is 0. The minimum atomic E-state index is -10.7. The third-order valence-corrected chi connectivity index (χ3v) is 4.33. The third kappa shape index (κ3) is 28.1. The Morgan fingerprint density at radius 2 is 1.11 bits per heavy atom. The van der Waals surface area contributed by atoms with Gasteiger partial charge in [-0.05, 0) is 25.7 Å². The molecular formula is C18H40F6NO2P. The molecule has 0 aliphatic rings. The fourth-order valence-corrected chi connectivity index (χ4v) is 3.27. The van der Waals surface area contributed by atoms with Crippen molar-refractivity contribution in [2.45, 2.75) is 72.1 Å². The number of nitrogens with zero attached hydrogens (tertiary/aromatic N) is 1. The van der Waals surface area contributed by atoms with Gasteiger partial charge in [-0.15, -0.1) is 0 Å². The van der Waals surface area contributed by atoms with Gasteiger partial charge in [0, 0.05) is 0 Å². The van der Waals surface area contributed by atoms with Crippen LogP contribution in [0.15, 0.2) is 0 Å². The predicted molar refractivity (Wildman–Crippen MR) is 105 cm³/mol. The number of rotatable bonds is 16. The molecule has 0 heterocycles. The Morgan fingerprint density at radius 1 is 0.643 bits per heavy atom. The number of halogens is 6. The van der Waals surface area contributed by atoms with E-state index in [2.05, 4.69) is 20.8 Å². The molecule has 0 spiro atoms. The average molecular weight is 447 g/mol. The summed E-state index contributed by atoms with van der Waals surface area (Å²) in [7, 11) is -10.7. The van der Waals surface area contributed by atoms with E-state index in [0.717, 1.165) is 13.2 Å². The second kappa shape index (κ2) is 13.2. The third-order valence-electron chi connectivity index (χ3n) is 4.33. The van der Waals surface area contributed by atoms with Gasteiger partial charge in [0.15, 0.2) is 0 Å². The van der Waals surface area contributed by atoms with E-state index < -0.39 is 7.81 Å². The van der Waals surface area contributed by atoms with E-state index in [-0.39, 0.29) is 6.61 Å². The molecule has 0 bridgehead atoms. The predicted octanol–water partition coefficient (Wildman–Crippen LogP) is 7.38. The van der Waals surface area contributed by atoms with Crippen LogP contribution in [0, 0.1) is 0 Å². The van der Waals surface area contributed by atoms with Crippen LogP contribution in [0.5, 0.6) is 0 Å². The molecule has 0 radical (unpaired) electrons. The van der Waals surface area contributed by atoms with Crippen LogP contribution in [-0.4, -0.2) is 55.6 Å². The number of ether oxygens (including phenoxy) is 1. The fourth-order valence-electron chi connectivity index (χ4n) is 3.27. The van der Waals surface area contributed by atoms with Gasteiger partial charge >= 0.3 is 33.0 Å². The summed E-state index contributed by atoms with van der Waals surface area (Å²) in [6, 6.07) is 0. The van der Waals surface area contributed by atoms with Crippen LogP contribution in [0.3, 0.4) is 0 Å². The van der Waals surface area contributed by atoms with Crippen LogP contribution < -0.4 is 0 Å². The van der Waals surface area contributed by atoms with E-state index in [4.69, 9.17) is 9.84 Å². The molecule has 10 heteroatoms. The van der Waals surface area contributed by atoms with Gasteiger partial charge in [-0.1, -0.05) is 46.5 Å². The number of hydrogen-bond donors (Lipinski definition) is 1. The van der Waals surface area contributed by atoms with Gasteiger partial charge in [0.05, 0.1) is 39.5 Å². The summed E-state index contributed by atoms with van der Waals surface area (Å²) in [6.45, 7) is 13.2. The molecule has 0 saturated heterocycles. The van der Waals surface area contributed by atoms with Crippen LogP contribution >= 0.6 is 7.81 Å². The van der Waals surface area contributed by atoms with Gasteiger partial charge in [0.1, 0.15) is 6.54 Å². The molecule has 0 rings (SSSR count). The van der Waals surface area contributed by atoms with Crippen molar-refractivity contribution in [3.05, 3.63) is 0 Å². The molecule has 0 atom stereocenters. The molecule has 0 aromatic heterocycles. The topological polar surface area (TPSA) is 29.5 Å². The Kier molecular flexibility index (Phi) is 14.2. The molecular weight excluding hydrogens is 407 g/mol. The quantitative estimate of drug-likeness (QED) is 0.116. The first-order valence-corrected chi connectivity index (χ1v) is 12.3. The molecule has 0 aliphatic carbocycles. The van der Waals surface area contributed by atoms with Crippen molar-refractivity contribution in [1.29, 1.82) is 0 Å². The summed E-state index contributed by atoms with van der Waals surface area (Å²) in [5, 5.41) is 8.82. The van der Waals surface area contributed by atoms with E-state index in [0.29, 0.717) is 6.61 Å². The van der Waals surface area contributed by atoms with Gasteiger partial charge < -0.3 is 14.3 Å². The molecule has 176 valence electrons. The SMILES string of the molecule is CCCCCCCC[N+](CCC)(CCC)CCOCCO.F[P-](F)(F)(F)(F)F. The second-order valence-corrected chi connectivity index (χ2v) is 9.21. The molecule has 3 nitrogen and oxygen atoms in total.